The number of ether oxygens (including phenoxy) is 1. The minimum atomic E-state index is -0.317. The largest absolute Gasteiger partial charge is 0.465 e. The molecular weight excluding hydrogens is 270 g/mol. The molecule has 0 saturated carbocycles. The third-order valence-corrected chi connectivity index (χ3v) is 5.02. The number of benzene rings is 1. The average molecular weight is 289 g/mol. The highest BCUT2D eigenvalue weighted by Crippen LogP contribution is 2.40. The molecule has 0 fully saturated rings. The lowest BCUT2D eigenvalue weighted by Crippen LogP contribution is -2.25. The number of hydrogen-bond acceptors (Lipinski definition) is 4. The zero-order valence-corrected chi connectivity index (χ0v) is 12.9. The maximum absolute atomic E-state index is 11.6. The van der Waals surface area contributed by atoms with Crippen LogP contribution >= 0.6 is 11.3 Å². The van der Waals surface area contributed by atoms with Gasteiger partial charge in [0.1, 0.15) is 9.88 Å². The van der Waals surface area contributed by atoms with Gasteiger partial charge >= 0.3 is 5.97 Å². The number of thiazole rings is 1. The van der Waals surface area contributed by atoms with E-state index in [2.05, 4.69) is 31.0 Å². The second-order valence-corrected chi connectivity index (χ2v) is 5.71. The Bertz CT molecular complexity index is 573. The van der Waals surface area contributed by atoms with Gasteiger partial charge in [-0.2, -0.15) is 0 Å². The first-order valence-electron chi connectivity index (χ1n) is 6.78. The van der Waals surface area contributed by atoms with Crippen LogP contribution in [0.15, 0.2) is 36.5 Å². The van der Waals surface area contributed by atoms with Gasteiger partial charge in [0.25, 0.3) is 0 Å². The maximum atomic E-state index is 11.6. The van der Waals surface area contributed by atoms with Crippen LogP contribution in [0.2, 0.25) is 0 Å². The molecule has 20 heavy (non-hydrogen) atoms. The molecule has 3 nitrogen and oxygen atoms in total. The monoisotopic (exact) mass is 289 g/mol. The van der Waals surface area contributed by atoms with Gasteiger partial charge in [-0.05, 0) is 18.4 Å². The van der Waals surface area contributed by atoms with Crippen molar-refractivity contribution in [1.29, 1.82) is 0 Å². The summed E-state index contributed by atoms with van der Waals surface area (Å²) in [7, 11) is 1.39. The summed E-state index contributed by atoms with van der Waals surface area (Å²) in [6, 6.07) is 10.4. The van der Waals surface area contributed by atoms with E-state index in [0.717, 1.165) is 17.8 Å². The Morgan fingerprint density at radius 3 is 2.45 bits per heavy atom. The van der Waals surface area contributed by atoms with E-state index in [1.165, 1.54) is 24.0 Å². The third kappa shape index (κ3) is 2.48. The second-order valence-electron chi connectivity index (χ2n) is 4.68. The van der Waals surface area contributed by atoms with E-state index in [1.54, 1.807) is 6.20 Å². The molecule has 0 N–H and O–H groups in total. The third-order valence-electron chi connectivity index (χ3n) is 3.84. The second kappa shape index (κ2) is 6.18. The van der Waals surface area contributed by atoms with E-state index in [0.29, 0.717) is 4.88 Å². The number of methoxy groups -OCH3 is 1. The molecule has 2 rings (SSSR count). The summed E-state index contributed by atoms with van der Waals surface area (Å²) in [5, 5.41) is 0.981. The summed E-state index contributed by atoms with van der Waals surface area (Å²) in [6.45, 7) is 4.32. The van der Waals surface area contributed by atoms with E-state index in [9.17, 15) is 4.79 Å². The molecule has 0 atom stereocenters. The van der Waals surface area contributed by atoms with Crippen molar-refractivity contribution in [1.82, 2.24) is 4.98 Å². The summed E-state index contributed by atoms with van der Waals surface area (Å²) in [4.78, 5) is 16.7. The highest BCUT2D eigenvalue weighted by atomic mass is 32.1. The molecule has 0 unspecified atom stereocenters. The van der Waals surface area contributed by atoms with Crippen molar-refractivity contribution in [2.24, 2.45) is 0 Å². The number of carbonyl (C=O) groups excluding carboxylic acids is 1. The Morgan fingerprint density at radius 2 is 1.90 bits per heavy atom. The van der Waals surface area contributed by atoms with E-state index in [1.807, 2.05) is 18.2 Å². The zero-order valence-electron chi connectivity index (χ0n) is 12.1. The van der Waals surface area contributed by atoms with E-state index >= 15 is 0 Å². The average Bonchev–Trinajstić information content (AvgIpc) is 3.00. The Labute approximate surface area is 123 Å². The predicted octanol–water partition coefficient (Wildman–Crippen LogP) is 4.04. The molecule has 4 heteroatoms. The number of nitrogens with zero attached hydrogens (tertiary/aromatic N) is 1. The van der Waals surface area contributed by atoms with Crippen LogP contribution in [0, 0.1) is 0 Å². The highest BCUT2D eigenvalue weighted by molar-refractivity contribution is 7.13. The van der Waals surface area contributed by atoms with Crippen LogP contribution in [0.1, 0.15) is 46.9 Å². The number of esters is 1. The van der Waals surface area contributed by atoms with Crippen molar-refractivity contribution in [3.8, 4) is 0 Å². The lowest BCUT2D eigenvalue weighted by molar-refractivity contribution is 0.0606. The fourth-order valence-electron chi connectivity index (χ4n) is 2.53. The first-order valence-corrected chi connectivity index (χ1v) is 7.59. The first-order chi connectivity index (χ1) is 9.67. The van der Waals surface area contributed by atoms with E-state index < -0.39 is 0 Å². The minimum Gasteiger partial charge on any atom is -0.465 e. The smallest absolute Gasteiger partial charge is 0.349 e. The Kier molecular flexibility index (Phi) is 4.55. The molecule has 1 heterocycles. The summed E-state index contributed by atoms with van der Waals surface area (Å²) in [5.74, 6) is -0.317. The molecule has 1 aromatic heterocycles. The molecule has 106 valence electrons. The zero-order chi connectivity index (χ0) is 14.6. The molecule has 2 aromatic rings. The fraction of sp³-hybridized carbons (Fsp3) is 0.375. The van der Waals surface area contributed by atoms with Gasteiger partial charge in [0, 0.05) is 5.41 Å². The Morgan fingerprint density at radius 1 is 1.25 bits per heavy atom. The lowest BCUT2D eigenvalue weighted by atomic mass is 9.76. The van der Waals surface area contributed by atoms with Gasteiger partial charge in [0.15, 0.2) is 0 Å². The molecule has 0 aliphatic carbocycles. The van der Waals surface area contributed by atoms with Crippen LogP contribution in [0.3, 0.4) is 0 Å². The van der Waals surface area contributed by atoms with Gasteiger partial charge < -0.3 is 4.74 Å². The normalized spacial score (nSPS) is 11.3. The Balaban J connectivity index is 2.48. The van der Waals surface area contributed by atoms with Gasteiger partial charge in [-0.15, -0.1) is 11.3 Å². The molecule has 0 bridgehead atoms. The van der Waals surface area contributed by atoms with Gasteiger partial charge in [0.05, 0.1) is 13.3 Å². The maximum Gasteiger partial charge on any atom is 0.349 e. The molecule has 0 radical (unpaired) electrons. The van der Waals surface area contributed by atoms with Crippen LogP contribution in [-0.2, 0) is 10.2 Å². The number of aromatic nitrogens is 1. The van der Waals surface area contributed by atoms with E-state index in [-0.39, 0.29) is 11.4 Å². The highest BCUT2D eigenvalue weighted by Gasteiger charge is 2.34. The number of rotatable bonds is 5. The van der Waals surface area contributed by atoms with Crippen LogP contribution in [0.4, 0.5) is 0 Å². The van der Waals surface area contributed by atoms with E-state index in [4.69, 9.17) is 4.74 Å². The van der Waals surface area contributed by atoms with Crippen molar-refractivity contribution in [2.75, 3.05) is 7.11 Å². The molecule has 0 amide bonds. The molecule has 0 aliphatic heterocycles. The van der Waals surface area contributed by atoms with Crippen LogP contribution in [0.25, 0.3) is 0 Å². The van der Waals surface area contributed by atoms with Crippen molar-refractivity contribution < 1.29 is 9.53 Å². The number of hydrogen-bond donors (Lipinski definition) is 0. The first kappa shape index (κ1) is 14.7. The topological polar surface area (TPSA) is 39.2 Å². The summed E-state index contributed by atoms with van der Waals surface area (Å²) in [6.07, 6.45) is 3.51. The Hall–Kier alpha value is -1.68. The van der Waals surface area contributed by atoms with Gasteiger partial charge in [-0.1, -0.05) is 44.2 Å². The molecule has 0 saturated heterocycles. The quantitative estimate of drug-likeness (QED) is 0.780. The van der Waals surface area contributed by atoms with Crippen molar-refractivity contribution >= 4 is 17.3 Å². The van der Waals surface area contributed by atoms with Crippen LogP contribution < -0.4 is 0 Å². The fourth-order valence-corrected chi connectivity index (χ4v) is 3.72. The van der Waals surface area contributed by atoms with Crippen molar-refractivity contribution in [2.45, 2.75) is 32.1 Å². The summed E-state index contributed by atoms with van der Waals surface area (Å²) in [5.41, 5.74) is 1.12. The SMILES string of the molecule is CCC(CC)(c1ccccc1)c1ncc(C(=O)OC)s1. The predicted molar refractivity (Wildman–Crippen MR) is 81.3 cm³/mol. The molecule has 0 spiro atoms. The van der Waals surface area contributed by atoms with Gasteiger partial charge in [0.2, 0.25) is 0 Å². The summed E-state index contributed by atoms with van der Waals surface area (Å²) >= 11 is 1.43. The standard InChI is InChI=1S/C16H19NO2S/c1-4-16(5-2,12-9-7-6-8-10-12)15-17-11-13(20-15)14(18)19-3/h6-11H,4-5H2,1-3H3. The molecular formula is C16H19NO2S. The van der Waals surface area contributed by atoms with Crippen LogP contribution in [-0.4, -0.2) is 18.1 Å². The lowest BCUT2D eigenvalue weighted by Gasteiger charge is -2.30. The minimum absolute atomic E-state index is 0.127. The van der Waals surface area contributed by atoms with Gasteiger partial charge in [-0.3, -0.25) is 0 Å². The van der Waals surface area contributed by atoms with Crippen molar-refractivity contribution in [3.63, 3.8) is 0 Å². The molecule has 1 aromatic carbocycles. The van der Waals surface area contributed by atoms with Crippen molar-refractivity contribution in [3.05, 3.63) is 52.0 Å². The molecule has 0 aliphatic rings. The number of carbonyl (C=O) groups is 1. The van der Waals surface area contributed by atoms with Crippen LogP contribution in [0.5, 0.6) is 0 Å². The summed E-state index contributed by atoms with van der Waals surface area (Å²) < 4.78 is 4.77. The van der Waals surface area contributed by atoms with Gasteiger partial charge in [-0.25, -0.2) is 9.78 Å².